The number of nitrogens with one attached hydrogen (secondary N) is 2. The van der Waals surface area contributed by atoms with Crippen LogP contribution in [0.4, 0.5) is 0 Å². The number of hydrogen-bond acceptors (Lipinski definition) is 7. The molecule has 4 unspecified atom stereocenters. The summed E-state index contributed by atoms with van der Waals surface area (Å²) in [6.45, 7) is 45.7. The average Bonchev–Trinajstić information content (AvgIpc) is 4.16. The van der Waals surface area contributed by atoms with E-state index in [-0.39, 0.29) is 53.9 Å². The van der Waals surface area contributed by atoms with Gasteiger partial charge in [0.2, 0.25) is 18.4 Å². The van der Waals surface area contributed by atoms with E-state index in [0.29, 0.717) is 42.6 Å². The molecule has 2 aliphatic rings. The van der Waals surface area contributed by atoms with E-state index in [9.17, 15) is 29.3 Å². The molecule has 0 bridgehead atoms. The minimum Gasteiger partial charge on any atom is -0.481 e. The van der Waals surface area contributed by atoms with Gasteiger partial charge in [-0.25, -0.2) is 0 Å². The maximum Gasteiger partial charge on any atom is 0.303 e. The summed E-state index contributed by atoms with van der Waals surface area (Å²) < 4.78 is 0. The van der Waals surface area contributed by atoms with E-state index < -0.39 is 5.97 Å². The molecular formula is C74H139ClN4O7. The molecule has 2 aliphatic heterocycles. The van der Waals surface area contributed by atoms with Gasteiger partial charge >= 0.3 is 5.97 Å². The van der Waals surface area contributed by atoms with E-state index in [1.807, 2.05) is 6.92 Å². The molecule has 0 aromatic heterocycles. The van der Waals surface area contributed by atoms with Crippen LogP contribution < -0.4 is 16.4 Å². The van der Waals surface area contributed by atoms with Crippen molar-refractivity contribution in [3.63, 3.8) is 0 Å². The van der Waals surface area contributed by atoms with Gasteiger partial charge in [-0.3, -0.25) is 24.5 Å². The normalized spacial score (nSPS) is 16.7. The molecule has 0 aromatic rings. The second-order valence-corrected chi connectivity index (χ2v) is 27.6. The lowest BCUT2D eigenvalue weighted by atomic mass is 9.90. The first kappa shape index (κ1) is 90.9. The minimum atomic E-state index is -0.744. The van der Waals surface area contributed by atoms with Crippen molar-refractivity contribution in [3.8, 4) is 0 Å². The average molecular weight is 1230 g/mol. The van der Waals surface area contributed by atoms with E-state index >= 15 is 0 Å². The maximum absolute atomic E-state index is 11.0. The molecule has 0 saturated carbocycles. The summed E-state index contributed by atoms with van der Waals surface area (Å²) in [4.78, 5) is 53.0. The molecule has 5 N–H and O–H groups in total. The SMILES string of the molecule is C/C=C/C[C@@H](C)CCC=C(C)C.CC(C)=CCC[C@H](C)CC(CN)CC(=O)O.CC(C)=CCC[C@H](C)CC1CNC(=O)C1.CC(C)=CCC[C@H](C)CC=O.CC(C)CCC[C@H](C)CC1CNC(=O)C1.CCC(C[C@@H](C)CCC=C(C)C)C[N+](=O)[O-].Cl. The number of nitrogens with two attached hydrogens (primary N) is 1. The molecule has 2 saturated heterocycles. The molecule has 2 fully saturated rings. The number of allylic oxidation sites excluding steroid dienone is 12. The zero-order valence-electron chi connectivity index (χ0n) is 59.4. The van der Waals surface area contributed by atoms with Crippen LogP contribution in [0.3, 0.4) is 0 Å². The lowest BCUT2D eigenvalue weighted by molar-refractivity contribution is -0.488. The number of carbonyl (C=O) groups is 4. The molecule has 504 valence electrons. The van der Waals surface area contributed by atoms with Crippen molar-refractivity contribution in [2.24, 2.45) is 70.8 Å². The molecule has 12 heteroatoms. The van der Waals surface area contributed by atoms with Gasteiger partial charge in [0.05, 0.1) is 0 Å². The Kier molecular flexibility index (Phi) is 63.5. The number of nitrogens with zero attached hydrogens (tertiary/aromatic N) is 1. The standard InChI is InChI=1S/2C13H25NO2.C13H25NO.C13H23NO.C12H22.C10H18O.ClH/c1-10(2)5-4-6-11(3)7-12(9-14)8-13(15)16;1-5-13(10-14(15)16)9-12(4)8-6-7-11(2)3;2*1-10(2)5-4-6-11(3)7-12-8-13(15)14-9-12;1-5-6-9-12(4)10-7-8-11(2)3;1-9(2)5-4-6-10(3)7-8-11;/h5,11-12H,4,6-9,14H2,1-3H3,(H,15,16);7,12-13H,5-6,8-10H2,1-4H3;10-12H,4-9H2,1-3H3,(H,14,15);5,11-12H,4,6-9H2,1-3H3,(H,14,15);5-6,8,12H,7,9-10H2,1-4H3;5,8,10H,4,6-7H2,1-3H3;1H/b;;;;6-5+;;/t11-,12?;12-,13?;2*11-,12?;12-;10-;/m000010./s1. The third-order valence-corrected chi connectivity index (χ3v) is 15.7. The largest absolute Gasteiger partial charge is 0.481 e. The molecule has 0 spiro atoms. The monoisotopic (exact) mass is 1230 g/mol. The van der Waals surface area contributed by atoms with Crippen LogP contribution in [-0.4, -0.2) is 60.3 Å². The fraction of sp³-hybridized carbons (Fsp3) is 0.784. The first-order chi connectivity index (χ1) is 39.9. The van der Waals surface area contributed by atoms with Crippen LogP contribution in [0.15, 0.2) is 70.4 Å². The van der Waals surface area contributed by atoms with E-state index in [1.54, 1.807) is 0 Å². The van der Waals surface area contributed by atoms with E-state index in [4.69, 9.17) is 10.8 Å². The maximum atomic E-state index is 11.0. The summed E-state index contributed by atoms with van der Waals surface area (Å²) in [6, 6.07) is 0. The Labute approximate surface area is 537 Å². The first-order valence-corrected chi connectivity index (χ1v) is 33.7. The Balaban J connectivity index is -0.000000306. The number of halogens is 1. The molecule has 2 amide bonds. The van der Waals surface area contributed by atoms with Gasteiger partial charge in [-0.05, 0) is 245 Å². The zero-order valence-corrected chi connectivity index (χ0v) is 60.2. The van der Waals surface area contributed by atoms with Gasteiger partial charge < -0.3 is 26.3 Å². The van der Waals surface area contributed by atoms with Crippen LogP contribution in [0.1, 0.15) is 286 Å². The quantitative estimate of drug-likeness (QED) is 0.0205. The predicted molar refractivity (Wildman–Crippen MR) is 375 cm³/mol. The molecule has 0 radical (unpaired) electrons. The highest BCUT2D eigenvalue weighted by Crippen LogP contribution is 2.25. The molecule has 86 heavy (non-hydrogen) atoms. The van der Waals surface area contributed by atoms with Crippen molar-refractivity contribution in [1.82, 2.24) is 10.6 Å². The van der Waals surface area contributed by atoms with Crippen molar-refractivity contribution in [3.05, 3.63) is 80.5 Å². The lowest BCUT2D eigenvalue weighted by Gasteiger charge is -2.17. The zero-order chi connectivity index (χ0) is 65.7. The molecule has 0 aliphatic carbocycles. The summed E-state index contributed by atoms with van der Waals surface area (Å²) in [7, 11) is 0. The predicted octanol–water partition coefficient (Wildman–Crippen LogP) is 20.5. The van der Waals surface area contributed by atoms with Gasteiger partial charge in [0, 0.05) is 49.6 Å². The van der Waals surface area contributed by atoms with Crippen molar-refractivity contribution in [2.75, 3.05) is 26.2 Å². The van der Waals surface area contributed by atoms with Crippen LogP contribution in [0, 0.1) is 75.2 Å². The van der Waals surface area contributed by atoms with Crippen molar-refractivity contribution in [1.29, 1.82) is 0 Å². The Morgan fingerprint density at radius 3 is 1.26 bits per heavy atom. The Morgan fingerprint density at radius 1 is 0.593 bits per heavy atom. The van der Waals surface area contributed by atoms with Gasteiger partial charge in [-0.2, -0.15) is 0 Å². The molecular weight excluding hydrogens is 1090 g/mol. The number of amides is 2. The van der Waals surface area contributed by atoms with Crippen LogP contribution in [0.2, 0.25) is 0 Å². The van der Waals surface area contributed by atoms with Gasteiger partial charge in [-0.1, -0.05) is 152 Å². The van der Waals surface area contributed by atoms with Crippen LogP contribution in [0.5, 0.6) is 0 Å². The highest BCUT2D eigenvalue weighted by molar-refractivity contribution is 5.85. The fourth-order valence-corrected chi connectivity index (χ4v) is 10.4. The summed E-state index contributed by atoms with van der Waals surface area (Å²) in [5, 5.41) is 25.0. The van der Waals surface area contributed by atoms with Crippen molar-refractivity contribution in [2.45, 2.75) is 286 Å². The van der Waals surface area contributed by atoms with Gasteiger partial charge in [0.15, 0.2) is 0 Å². The highest BCUT2D eigenvalue weighted by atomic mass is 35.5. The van der Waals surface area contributed by atoms with Gasteiger partial charge in [0.1, 0.15) is 6.29 Å². The third-order valence-electron chi connectivity index (χ3n) is 15.7. The molecule has 2 heterocycles. The van der Waals surface area contributed by atoms with Crippen LogP contribution >= 0.6 is 12.4 Å². The third kappa shape index (κ3) is 69.3. The second-order valence-electron chi connectivity index (χ2n) is 27.6. The van der Waals surface area contributed by atoms with Crippen molar-refractivity contribution < 1.29 is 29.2 Å². The van der Waals surface area contributed by atoms with Crippen LogP contribution in [0.25, 0.3) is 0 Å². The topological polar surface area (TPSA) is 182 Å². The summed E-state index contributed by atoms with van der Waals surface area (Å²) in [5.41, 5.74) is 12.5. The summed E-state index contributed by atoms with van der Waals surface area (Å²) >= 11 is 0. The number of aldehydes is 1. The van der Waals surface area contributed by atoms with E-state index in [2.05, 4.69) is 185 Å². The van der Waals surface area contributed by atoms with Gasteiger partial charge in [0.25, 0.3) is 0 Å². The second kappa shape index (κ2) is 60.1. The number of carboxylic acids is 1. The molecule has 10 atom stereocenters. The summed E-state index contributed by atoms with van der Waals surface area (Å²) in [5.74, 6) is 6.13. The minimum absolute atomic E-state index is 0. The number of nitro groups is 1. The number of rotatable bonds is 37. The smallest absolute Gasteiger partial charge is 0.303 e. The first-order valence-electron chi connectivity index (χ1n) is 33.7. The fourth-order valence-electron chi connectivity index (χ4n) is 10.4. The molecule has 0 aromatic carbocycles. The molecule has 2 rings (SSSR count). The lowest BCUT2D eigenvalue weighted by Crippen LogP contribution is -2.20. The molecule has 11 nitrogen and oxygen atoms in total. The van der Waals surface area contributed by atoms with Gasteiger partial charge in [-0.15, -0.1) is 12.4 Å². The van der Waals surface area contributed by atoms with Crippen molar-refractivity contribution >= 4 is 36.5 Å². The Morgan fingerprint density at radius 2 is 0.953 bits per heavy atom. The Bertz CT molecular complexity index is 1840. The number of carboxylic acid groups (broad SMARTS) is 1. The number of carbonyl (C=O) groups excluding carboxylic acids is 3. The summed E-state index contributed by atoms with van der Waals surface area (Å²) in [6.07, 6.45) is 41.2. The van der Waals surface area contributed by atoms with E-state index in [1.165, 1.54) is 92.1 Å². The number of aliphatic carboxylic acids is 1. The van der Waals surface area contributed by atoms with Crippen LogP contribution in [-0.2, 0) is 19.2 Å². The Hall–Kier alpha value is -3.83. The number of hydrogen-bond donors (Lipinski definition) is 4. The highest BCUT2D eigenvalue weighted by Gasteiger charge is 2.24. The van der Waals surface area contributed by atoms with E-state index in [0.717, 1.165) is 114 Å².